The molecule has 1 rings (SSSR count). The van der Waals surface area contributed by atoms with Crippen molar-refractivity contribution in [3.05, 3.63) is 0 Å². The lowest BCUT2D eigenvalue weighted by molar-refractivity contribution is -0.236. The summed E-state index contributed by atoms with van der Waals surface area (Å²) in [6.45, 7) is 0.0577. The number of nitrogens with two attached hydrogens (primary N) is 1. The van der Waals surface area contributed by atoms with Crippen LogP contribution in [0, 0.1) is 0 Å². The molecule has 8 heteroatoms. The number of carbonyl (C=O) groups is 1. The number of nitrogens with one attached hydrogen (secondary N) is 1. The number of unbranched alkanes of at least 4 members (excludes halogenated alkanes) is 2. The van der Waals surface area contributed by atoms with Gasteiger partial charge in [0.25, 0.3) is 0 Å². The number of aliphatic hydroxyl groups is 4. The Morgan fingerprint density at radius 1 is 1.10 bits per heavy atom. The van der Waals surface area contributed by atoms with E-state index >= 15 is 0 Å². The number of rotatable bonds is 7. The van der Waals surface area contributed by atoms with Crippen LogP contribution in [0.25, 0.3) is 0 Å². The first-order valence-corrected chi connectivity index (χ1v) is 6.81. The number of carbonyl (C=O) groups excluding carboxylic acids is 1. The third kappa shape index (κ3) is 4.65. The molecule has 0 aliphatic carbocycles. The first-order chi connectivity index (χ1) is 9.51. The first-order valence-electron chi connectivity index (χ1n) is 6.81. The minimum Gasteiger partial charge on any atom is -0.394 e. The summed E-state index contributed by atoms with van der Waals surface area (Å²) in [6, 6.07) is 0. The lowest BCUT2D eigenvalue weighted by atomic mass is 9.98. The fourth-order valence-corrected chi connectivity index (χ4v) is 2.06. The summed E-state index contributed by atoms with van der Waals surface area (Å²) in [5.41, 5.74) is 5.34. The minimum absolute atomic E-state index is 0.259. The van der Waals surface area contributed by atoms with E-state index in [-0.39, 0.29) is 12.3 Å². The molecule has 0 aromatic carbocycles. The smallest absolute Gasteiger partial charge is 0.222 e. The average Bonchev–Trinajstić information content (AvgIpc) is 2.44. The highest BCUT2D eigenvalue weighted by molar-refractivity contribution is 5.76. The summed E-state index contributed by atoms with van der Waals surface area (Å²) in [4.78, 5) is 11.7. The third-order valence-electron chi connectivity index (χ3n) is 3.30. The highest BCUT2D eigenvalue weighted by Gasteiger charge is 2.43. The van der Waals surface area contributed by atoms with Gasteiger partial charge in [-0.25, -0.2) is 0 Å². The van der Waals surface area contributed by atoms with Gasteiger partial charge in [-0.15, -0.1) is 0 Å². The van der Waals surface area contributed by atoms with Gasteiger partial charge in [0, 0.05) is 6.42 Å². The molecule has 5 atom stereocenters. The van der Waals surface area contributed by atoms with Crippen LogP contribution >= 0.6 is 0 Å². The molecule has 0 unspecified atom stereocenters. The van der Waals surface area contributed by atoms with Crippen molar-refractivity contribution in [3.63, 3.8) is 0 Å². The molecule has 0 saturated carbocycles. The molecule has 0 aromatic heterocycles. The van der Waals surface area contributed by atoms with Crippen LogP contribution in [0.15, 0.2) is 0 Å². The molecule has 1 saturated heterocycles. The largest absolute Gasteiger partial charge is 0.394 e. The maximum atomic E-state index is 11.7. The van der Waals surface area contributed by atoms with Crippen LogP contribution in [0.3, 0.4) is 0 Å². The zero-order valence-corrected chi connectivity index (χ0v) is 11.3. The van der Waals surface area contributed by atoms with Gasteiger partial charge in [-0.05, 0) is 19.4 Å². The Labute approximate surface area is 117 Å². The maximum absolute atomic E-state index is 11.7. The monoisotopic (exact) mass is 292 g/mol. The van der Waals surface area contributed by atoms with Crippen LogP contribution in [0.2, 0.25) is 0 Å². The number of hydrogen-bond acceptors (Lipinski definition) is 7. The molecule has 0 aromatic rings. The van der Waals surface area contributed by atoms with Crippen molar-refractivity contribution < 1.29 is 30.0 Å². The molecule has 0 spiro atoms. The second-order valence-electron chi connectivity index (χ2n) is 4.92. The topological polar surface area (TPSA) is 145 Å². The van der Waals surface area contributed by atoms with E-state index in [4.69, 9.17) is 15.6 Å². The molecule has 1 aliphatic heterocycles. The van der Waals surface area contributed by atoms with E-state index in [2.05, 4.69) is 5.32 Å². The number of hydrogen-bond donors (Lipinski definition) is 6. The zero-order valence-electron chi connectivity index (χ0n) is 11.3. The van der Waals surface area contributed by atoms with Crippen LogP contribution in [0.4, 0.5) is 0 Å². The van der Waals surface area contributed by atoms with Gasteiger partial charge in [-0.2, -0.15) is 0 Å². The Morgan fingerprint density at radius 3 is 2.40 bits per heavy atom. The fraction of sp³-hybridized carbons (Fsp3) is 0.917. The van der Waals surface area contributed by atoms with Crippen molar-refractivity contribution in [2.75, 3.05) is 13.2 Å². The number of amides is 1. The van der Waals surface area contributed by atoms with Crippen LogP contribution < -0.4 is 11.1 Å². The molecular weight excluding hydrogens is 268 g/mol. The summed E-state index contributed by atoms with van der Waals surface area (Å²) in [7, 11) is 0. The van der Waals surface area contributed by atoms with E-state index in [1.807, 2.05) is 0 Å². The Hall–Kier alpha value is -0.770. The lowest BCUT2D eigenvalue weighted by Crippen LogP contribution is -2.63. The van der Waals surface area contributed by atoms with E-state index in [0.717, 1.165) is 12.8 Å². The van der Waals surface area contributed by atoms with Crippen LogP contribution in [0.1, 0.15) is 25.7 Å². The molecule has 1 fully saturated rings. The molecule has 1 heterocycles. The van der Waals surface area contributed by atoms with E-state index in [1.165, 1.54) is 0 Å². The fourth-order valence-electron chi connectivity index (χ4n) is 2.06. The molecule has 7 N–H and O–H groups in total. The summed E-state index contributed by atoms with van der Waals surface area (Å²) in [5.74, 6) is -0.327. The highest BCUT2D eigenvalue weighted by atomic mass is 16.6. The second kappa shape index (κ2) is 8.50. The predicted octanol–water partition coefficient (Wildman–Crippen LogP) is -2.58. The molecule has 20 heavy (non-hydrogen) atoms. The highest BCUT2D eigenvalue weighted by Crippen LogP contribution is 2.19. The summed E-state index contributed by atoms with van der Waals surface area (Å²) >= 11 is 0. The molecule has 0 bridgehead atoms. The van der Waals surface area contributed by atoms with Crippen molar-refractivity contribution >= 4 is 5.91 Å². The van der Waals surface area contributed by atoms with Gasteiger partial charge in [-0.1, -0.05) is 6.42 Å². The van der Waals surface area contributed by atoms with Crippen molar-refractivity contribution in [2.24, 2.45) is 5.73 Å². The van der Waals surface area contributed by atoms with Crippen LogP contribution in [-0.4, -0.2) is 70.1 Å². The quantitative estimate of drug-likeness (QED) is 0.283. The van der Waals surface area contributed by atoms with Crippen LogP contribution in [0.5, 0.6) is 0 Å². The van der Waals surface area contributed by atoms with Gasteiger partial charge in [-0.3, -0.25) is 4.79 Å². The van der Waals surface area contributed by atoms with Crippen molar-refractivity contribution in [2.45, 2.75) is 56.3 Å². The second-order valence-corrected chi connectivity index (χ2v) is 4.92. The van der Waals surface area contributed by atoms with E-state index in [9.17, 15) is 20.1 Å². The standard InChI is InChI=1S/C12H24N2O6/c13-5-3-1-2-4-8(16)14-12-11(19)10(18)9(17)7(6-15)20-12/h7,9-12,15,17-19H,1-6,13H2,(H,14,16)/t7-,9+,10+,11-,12+/m1/s1. The Kier molecular flexibility index (Phi) is 7.35. The Morgan fingerprint density at radius 2 is 1.80 bits per heavy atom. The normalized spacial score (nSPS) is 34.0. The molecule has 1 amide bonds. The Balaban J connectivity index is 2.43. The SMILES string of the molecule is NCCCCCC(=O)N[C@H]1O[C@H](CO)[C@H](O)[C@H](O)[C@H]1O. The van der Waals surface area contributed by atoms with Gasteiger partial charge >= 0.3 is 0 Å². The maximum Gasteiger partial charge on any atom is 0.222 e. The molecule has 1 aliphatic rings. The molecule has 8 nitrogen and oxygen atoms in total. The van der Waals surface area contributed by atoms with Crippen molar-refractivity contribution in [1.82, 2.24) is 5.32 Å². The first kappa shape index (κ1) is 17.3. The molecular formula is C12H24N2O6. The van der Waals surface area contributed by atoms with Gasteiger partial charge in [0.2, 0.25) is 5.91 Å². The summed E-state index contributed by atoms with van der Waals surface area (Å²) in [5, 5.41) is 40.3. The van der Waals surface area contributed by atoms with Crippen molar-refractivity contribution in [3.8, 4) is 0 Å². The third-order valence-corrected chi connectivity index (χ3v) is 3.30. The Bertz CT molecular complexity index is 302. The van der Waals surface area contributed by atoms with Gasteiger partial charge < -0.3 is 36.2 Å². The number of aliphatic hydroxyl groups excluding tert-OH is 4. The summed E-state index contributed by atoms with van der Waals surface area (Å²) < 4.78 is 5.17. The van der Waals surface area contributed by atoms with Gasteiger partial charge in [0.05, 0.1) is 6.61 Å². The van der Waals surface area contributed by atoms with Gasteiger partial charge in [0.15, 0.2) is 6.23 Å². The van der Waals surface area contributed by atoms with Crippen LogP contribution in [-0.2, 0) is 9.53 Å². The lowest BCUT2D eigenvalue weighted by Gasteiger charge is -2.40. The molecule has 0 radical (unpaired) electrons. The predicted molar refractivity (Wildman–Crippen MR) is 69.4 cm³/mol. The number of ether oxygens (including phenoxy) is 1. The van der Waals surface area contributed by atoms with E-state index in [0.29, 0.717) is 13.0 Å². The van der Waals surface area contributed by atoms with E-state index in [1.54, 1.807) is 0 Å². The zero-order chi connectivity index (χ0) is 15.1. The van der Waals surface area contributed by atoms with Crippen molar-refractivity contribution in [1.29, 1.82) is 0 Å². The molecule has 118 valence electrons. The average molecular weight is 292 g/mol. The van der Waals surface area contributed by atoms with Gasteiger partial charge in [0.1, 0.15) is 24.4 Å². The summed E-state index contributed by atoms with van der Waals surface area (Å²) in [6.07, 6.45) is -3.91. The minimum atomic E-state index is -1.48. The van der Waals surface area contributed by atoms with E-state index < -0.39 is 37.3 Å².